The quantitative estimate of drug-likeness (QED) is 0.149. The molecule has 0 aliphatic heterocycles. The van der Waals surface area contributed by atoms with Gasteiger partial charge in [0.25, 0.3) is 0 Å². The first-order valence-electron chi connectivity index (χ1n) is 10.5. The van der Waals surface area contributed by atoms with E-state index in [1.165, 1.54) is 32.4 Å². The fourth-order valence-corrected chi connectivity index (χ4v) is 6.38. The van der Waals surface area contributed by atoms with Crippen molar-refractivity contribution >= 4 is 29.1 Å². The summed E-state index contributed by atoms with van der Waals surface area (Å²) in [6, 6.07) is 41.0. The van der Waals surface area contributed by atoms with Gasteiger partial charge in [-0.2, -0.15) is 0 Å². The van der Waals surface area contributed by atoms with Gasteiger partial charge in [0.15, 0.2) is 0 Å². The first kappa shape index (κ1) is 37.3. The van der Waals surface area contributed by atoms with E-state index < -0.39 is 7.53 Å². The Hall–Kier alpha value is -3.89. The maximum absolute atomic E-state index is 7.50. The third-order valence-corrected chi connectivity index (χ3v) is 7.46. The molecule has 5 rings (SSSR count). The standard InChI is InChI=1S/C26H20NP.5CO.W/c1-4-12-20(13-5-1)25-23-18-10-11-19-24(23)28(22-16-8-3-9-17-22)26(25)27-21-14-6-2-7-15-21;5*1-2;/h1-19,27H;;;;;;. The molecule has 0 amide bonds. The van der Waals surface area contributed by atoms with Crippen molar-refractivity contribution < 1.29 is 44.3 Å². The predicted molar refractivity (Wildman–Crippen MR) is 143 cm³/mol. The van der Waals surface area contributed by atoms with E-state index in [0.29, 0.717) is 0 Å². The molecular formula is C31H20NO5PW. The largest absolute Gasteiger partial charge is 0.351 e. The number of rotatable bonds is 4. The summed E-state index contributed by atoms with van der Waals surface area (Å²) in [6.45, 7) is 22.5. The van der Waals surface area contributed by atoms with Gasteiger partial charge in [0.2, 0.25) is 0 Å². The van der Waals surface area contributed by atoms with Crippen LogP contribution in [0.2, 0.25) is 0 Å². The van der Waals surface area contributed by atoms with Gasteiger partial charge in [-0.3, -0.25) is 0 Å². The van der Waals surface area contributed by atoms with Crippen molar-refractivity contribution in [1.82, 2.24) is 0 Å². The Kier molecular flexibility index (Phi) is 22.2. The van der Waals surface area contributed by atoms with Crippen molar-refractivity contribution in [2.45, 2.75) is 0 Å². The van der Waals surface area contributed by atoms with Crippen LogP contribution in [0.4, 0.5) is 11.1 Å². The van der Waals surface area contributed by atoms with Gasteiger partial charge in [0, 0.05) is 42.7 Å². The fourth-order valence-electron chi connectivity index (χ4n) is 3.76. The van der Waals surface area contributed by atoms with Crippen LogP contribution in [0.15, 0.2) is 115 Å². The molecule has 39 heavy (non-hydrogen) atoms. The minimum Gasteiger partial charge on any atom is -0.351 e. The van der Waals surface area contributed by atoms with Crippen LogP contribution in [0, 0.1) is 33.3 Å². The van der Waals surface area contributed by atoms with Crippen molar-refractivity contribution in [3.63, 3.8) is 0 Å². The molecule has 1 heterocycles. The number of anilines is 2. The van der Waals surface area contributed by atoms with Gasteiger partial charge < -0.3 is 5.32 Å². The maximum Gasteiger partial charge on any atom is 0.0716 e. The molecule has 4 aromatic carbocycles. The molecule has 8 heteroatoms. The first-order chi connectivity index (χ1) is 18.9. The van der Waals surface area contributed by atoms with Gasteiger partial charge in [-0.1, -0.05) is 105 Å². The zero-order valence-electron chi connectivity index (χ0n) is 20.4. The van der Waals surface area contributed by atoms with Crippen molar-refractivity contribution in [3.05, 3.63) is 149 Å². The van der Waals surface area contributed by atoms with Gasteiger partial charge in [-0.25, -0.2) is 0 Å². The van der Waals surface area contributed by atoms with Gasteiger partial charge in [0.05, 0.1) is 5.42 Å². The fraction of sp³-hybridized carbons (Fsp3) is 0. The Morgan fingerprint density at radius 2 is 0.897 bits per heavy atom. The van der Waals surface area contributed by atoms with Gasteiger partial charge in [-0.15, -0.1) is 0 Å². The number of hydrogen-bond acceptors (Lipinski definition) is 1. The molecular weight excluding hydrogens is 681 g/mol. The molecule has 0 spiro atoms. The average molecular weight is 701 g/mol. The zero-order valence-corrected chi connectivity index (χ0v) is 24.2. The zero-order chi connectivity index (χ0) is 28.8. The smallest absolute Gasteiger partial charge is 0.0716 e. The maximum atomic E-state index is 7.50. The van der Waals surface area contributed by atoms with E-state index in [-0.39, 0.29) is 21.1 Å². The molecule has 0 saturated heterocycles. The van der Waals surface area contributed by atoms with E-state index in [1.54, 1.807) is 0 Å². The van der Waals surface area contributed by atoms with E-state index in [0.717, 1.165) is 5.69 Å². The number of para-hydroxylation sites is 1. The summed E-state index contributed by atoms with van der Waals surface area (Å²) in [5, 5.41) is 7.92. The Labute approximate surface area is 243 Å². The van der Waals surface area contributed by atoms with Crippen LogP contribution < -0.4 is 5.32 Å². The summed E-state index contributed by atoms with van der Waals surface area (Å²) in [4.78, 5) is 0. The summed E-state index contributed by atoms with van der Waals surface area (Å²) in [7, 11) is -0.638. The third-order valence-electron chi connectivity index (χ3n) is 4.99. The number of nitrogens with one attached hydrogen (secondary N) is 1. The molecule has 0 radical (unpaired) electrons. The SMILES string of the molecule is [C-]#[O+].[C-]#[O+].[C-]#[O+].[C-]#[O+].[C-]#[O+].[W].c1ccc(Nc2c(-c3ccccc3)c3ccccc3p2-c2ccccc2)cc1. The first-order valence-corrected chi connectivity index (χ1v) is 11.8. The van der Waals surface area contributed by atoms with Gasteiger partial charge >= 0.3 is 56.5 Å². The second-order valence-electron chi connectivity index (χ2n) is 6.77. The van der Waals surface area contributed by atoms with Gasteiger partial charge in [0.1, 0.15) is 0 Å². The molecule has 0 fully saturated rings. The number of hydrogen-bond donors (Lipinski definition) is 1. The minimum atomic E-state index is -0.638. The molecule has 5 aromatic rings. The molecule has 0 aliphatic rings. The summed E-state index contributed by atoms with van der Waals surface area (Å²) >= 11 is 0. The van der Waals surface area contributed by atoms with Crippen LogP contribution in [0.3, 0.4) is 0 Å². The molecule has 0 bridgehead atoms. The molecule has 1 N–H and O–H groups in total. The van der Waals surface area contributed by atoms with Crippen LogP contribution in [0.1, 0.15) is 0 Å². The van der Waals surface area contributed by atoms with Crippen molar-refractivity contribution in [3.8, 4) is 16.4 Å². The molecule has 6 nitrogen and oxygen atoms in total. The summed E-state index contributed by atoms with van der Waals surface area (Å²) in [6.07, 6.45) is 0. The van der Waals surface area contributed by atoms with E-state index in [9.17, 15) is 0 Å². The Balaban J connectivity index is 0. The molecule has 1 aromatic heterocycles. The molecule has 1 atom stereocenters. The van der Waals surface area contributed by atoms with Crippen molar-refractivity contribution in [1.29, 1.82) is 0 Å². The average Bonchev–Trinajstić information content (AvgIpc) is 3.37. The van der Waals surface area contributed by atoms with Gasteiger partial charge in [-0.05, 0) is 29.1 Å². The van der Waals surface area contributed by atoms with Crippen molar-refractivity contribution in [2.75, 3.05) is 5.32 Å². The predicted octanol–water partition coefficient (Wildman–Crippen LogP) is 8.04. The summed E-state index contributed by atoms with van der Waals surface area (Å²) in [5.74, 6) is 0. The Bertz CT molecular complexity index is 1350. The van der Waals surface area contributed by atoms with Crippen LogP contribution in [0.25, 0.3) is 26.9 Å². The second-order valence-corrected chi connectivity index (χ2v) is 8.89. The van der Waals surface area contributed by atoms with E-state index in [4.69, 9.17) is 23.3 Å². The molecule has 0 saturated carbocycles. The van der Waals surface area contributed by atoms with Crippen LogP contribution >= 0.6 is 7.53 Å². The van der Waals surface area contributed by atoms with Crippen molar-refractivity contribution in [2.24, 2.45) is 0 Å². The molecule has 1 unspecified atom stereocenters. The van der Waals surface area contributed by atoms with E-state index >= 15 is 0 Å². The molecule has 0 aliphatic carbocycles. The topological polar surface area (TPSA) is 112 Å². The second kappa shape index (κ2) is 23.2. The van der Waals surface area contributed by atoms with Crippen LogP contribution in [0.5, 0.6) is 0 Å². The van der Waals surface area contributed by atoms with Crippen LogP contribution in [-0.4, -0.2) is 0 Å². The van der Waals surface area contributed by atoms with Crippen LogP contribution in [-0.2, 0) is 44.3 Å². The molecule has 190 valence electrons. The number of benzene rings is 4. The summed E-state index contributed by atoms with van der Waals surface area (Å²) in [5.41, 5.74) is 5.01. The van der Waals surface area contributed by atoms with E-state index in [1.807, 2.05) is 0 Å². The third kappa shape index (κ3) is 10.1. The monoisotopic (exact) mass is 701 g/mol. The number of fused-ring (bicyclic) bond motifs is 1. The normalized spacial score (nSPS) is 8.51. The Morgan fingerprint density at radius 1 is 0.487 bits per heavy atom. The van der Waals surface area contributed by atoms with E-state index in [2.05, 4.69) is 154 Å². The Morgan fingerprint density at radius 3 is 1.41 bits per heavy atom. The minimum absolute atomic E-state index is 0. The summed E-state index contributed by atoms with van der Waals surface area (Å²) < 4.78 is 37.5.